The first-order valence-electron chi connectivity index (χ1n) is 6.78. The van der Waals surface area contributed by atoms with Crippen LogP contribution in [-0.2, 0) is 6.18 Å². The number of nitrogens with zero attached hydrogens (tertiary/aromatic N) is 2. The predicted molar refractivity (Wildman–Crippen MR) is 94.0 cm³/mol. The number of hydrogen-bond donors (Lipinski definition) is 0. The van der Waals surface area contributed by atoms with Gasteiger partial charge in [-0.3, -0.25) is 9.59 Å². The third-order valence-corrected chi connectivity index (χ3v) is 4.62. The molecule has 0 spiro atoms. The van der Waals surface area contributed by atoms with Crippen LogP contribution >= 0.6 is 34.2 Å². The minimum absolute atomic E-state index is 0.229. The largest absolute Gasteiger partial charge is 0.417 e. The highest BCUT2D eigenvalue weighted by Crippen LogP contribution is 2.36. The second-order valence-electron chi connectivity index (χ2n) is 5.03. The maximum absolute atomic E-state index is 13.3. The normalized spacial score (nSPS) is 11.7. The van der Waals surface area contributed by atoms with Crippen molar-refractivity contribution in [3.05, 3.63) is 61.8 Å². The van der Waals surface area contributed by atoms with Crippen LogP contribution in [0.3, 0.4) is 0 Å². The fraction of sp³-hybridized carbons (Fsp3) is 0.0625. The molecule has 0 saturated carbocycles. The number of carbonyl (C=O) groups is 2. The van der Waals surface area contributed by atoms with Gasteiger partial charge in [0.05, 0.1) is 21.7 Å². The summed E-state index contributed by atoms with van der Waals surface area (Å²) in [6.07, 6.45) is -4.16. The Morgan fingerprint density at radius 1 is 1.20 bits per heavy atom. The van der Waals surface area contributed by atoms with Crippen LogP contribution in [0.15, 0.2) is 36.4 Å². The third kappa shape index (κ3) is 3.04. The zero-order valence-electron chi connectivity index (χ0n) is 12.1. The lowest BCUT2D eigenvalue weighted by Crippen LogP contribution is -2.20. The van der Waals surface area contributed by atoms with Crippen molar-refractivity contribution in [2.45, 2.75) is 6.18 Å². The number of alkyl halides is 3. The average molecular weight is 479 g/mol. The number of aldehydes is 1. The first kappa shape index (κ1) is 17.9. The molecule has 1 aromatic heterocycles. The Morgan fingerprint density at radius 2 is 1.88 bits per heavy atom. The van der Waals surface area contributed by atoms with Gasteiger partial charge in [-0.2, -0.15) is 23.0 Å². The molecule has 0 aliphatic rings. The number of fused-ring (bicyclic) bond motifs is 1. The van der Waals surface area contributed by atoms with Crippen molar-refractivity contribution in [2.24, 2.45) is 0 Å². The quantitative estimate of drug-likeness (QED) is 0.392. The molecule has 0 bridgehead atoms. The van der Waals surface area contributed by atoms with E-state index in [9.17, 15) is 22.8 Å². The van der Waals surface area contributed by atoms with Gasteiger partial charge in [-0.05, 0) is 40.8 Å². The van der Waals surface area contributed by atoms with E-state index in [-0.39, 0.29) is 16.1 Å². The predicted octanol–water partition coefficient (Wildman–Crippen LogP) is 4.81. The lowest BCUT2D eigenvalue weighted by Gasteiger charge is -2.13. The molecule has 3 aromatic rings. The molecule has 25 heavy (non-hydrogen) atoms. The summed E-state index contributed by atoms with van der Waals surface area (Å²) < 4.78 is 40.9. The van der Waals surface area contributed by atoms with E-state index in [1.54, 1.807) is 0 Å². The van der Waals surface area contributed by atoms with Gasteiger partial charge in [0, 0.05) is 10.9 Å². The molecular weight excluding hydrogens is 472 g/mol. The van der Waals surface area contributed by atoms with Crippen molar-refractivity contribution in [2.75, 3.05) is 0 Å². The number of hydrogen-bond acceptors (Lipinski definition) is 3. The second-order valence-corrected chi connectivity index (χ2v) is 6.46. The summed E-state index contributed by atoms with van der Waals surface area (Å²) in [6.45, 7) is 0. The molecule has 2 aromatic carbocycles. The number of halogens is 5. The number of aromatic nitrogens is 2. The molecule has 0 atom stereocenters. The van der Waals surface area contributed by atoms with E-state index in [0.29, 0.717) is 15.4 Å². The summed E-state index contributed by atoms with van der Waals surface area (Å²) >= 11 is 7.69. The Labute approximate surface area is 157 Å². The van der Waals surface area contributed by atoms with Crippen LogP contribution in [0.2, 0.25) is 5.02 Å². The van der Waals surface area contributed by atoms with Gasteiger partial charge in [0.1, 0.15) is 3.70 Å². The Kier molecular flexibility index (Phi) is 4.58. The molecule has 0 aliphatic carbocycles. The minimum atomic E-state index is -4.75. The van der Waals surface area contributed by atoms with E-state index in [1.165, 1.54) is 24.3 Å². The van der Waals surface area contributed by atoms with Gasteiger partial charge in [-0.15, -0.1) is 0 Å². The Morgan fingerprint density at radius 3 is 2.52 bits per heavy atom. The first-order chi connectivity index (χ1) is 11.8. The molecule has 0 aliphatic heterocycles. The molecule has 0 amide bonds. The topological polar surface area (TPSA) is 52.0 Å². The van der Waals surface area contributed by atoms with Crippen molar-refractivity contribution in [1.82, 2.24) is 9.78 Å². The van der Waals surface area contributed by atoms with E-state index in [4.69, 9.17) is 11.6 Å². The smallest absolute Gasteiger partial charge is 0.298 e. The van der Waals surface area contributed by atoms with Crippen LogP contribution in [0, 0.1) is 3.70 Å². The number of benzene rings is 2. The Bertz CT molecular complexity index is 1010. The van der Waals surface area contributed by atoms with Crippen molar-refractivity contribution >= 4 is 57.3 Å². The second kappa shape index (κ2) is 6.41. The molecule has 0 radical (unpaired) electrons. The van der Waals surface area contributed by atoms with Gasteiger partial charge in [0.2, 0.25) is 0 Å². The van der Waals surface area contributed by atoms with Crippen molar-refractivity contribution in [1.29, 1.82) is 0 Å². The average Bonchev–Trinajstić information content (AvgIpc) is 2.90. The highest BCUT2D eigenvalue weighted by molar-refractivity contribution is 14.1. The SMILES string of the molecule is O=Cc1cccc2c1c(I)nn2C(=O)c1c(Cl)cccc1C(F)(F)F. The zero-order valence-corrected chi connectivity index (χ0v) is 15.1. The highest BCUT2D eigenvalue weighted by atomic mass is 127. The van der Waals surface area contributed by atoms with Gasteiger partial charge >= 0.3 is 6.18 Å². The van der Waals surface area contributed by atoms with Crippen LogP contribution < -0.4 is 0 Å². The van der Waals surface area contributed by atoms with Crippen LogP contribution in [-0.4, -0.2) is 22.0 Å². The van der Waals surface area contributed by atoms with Crippen LogP contribution in [0.25, 0.3) is 10.9 Å². The molecule has 0 N–H and O–H groups in total. The maximum atomic E-state index is 13.3. The van der Waals surface area contributed by atoms with E-state index in [1.807, 2.05) is 22.6 Å². The summed E-state index contributed by atoms with van der Waals surface area (Å²) in [6, 6.07) is 7.66. The fourth-order valence-electron chi connectivity index (χ4n) is 2.49. The van der Waals surface area contributed by atoms with Gasteiger partial charge < -0.3 is 0 Å². The third-order valence-electron chi connectivity index (χ3n) is 3.55. The Hall–Kier alpha value is -1.94. The fourth-order valence-corrected chi connectivity index (χ4v) is 3.55. The highest BCUT2D eigenvalue weighted by Gasteiger charge is 2.37. The van der Waals surface area contributed by atoms with Gasteiger partial charge in [0.25, 0.3) is 5.91 Å². The van der Waals surface area contributed by atoms with E-state index >= 15 is 0 Å². The summed E-state index contributed by atoms with van der Waals surface area (Å²) in [5.74, 6) is -1.02. The molecular formula is C16H7ClF3IN2O2. The standard InChI is InChI=1S/C16H7ClF3IN2O2/c17-10-5-2-4-9(16(18,19)20)13(10)15(25)23-11-6-1-3-8(7-24)12(11)14(21)22-23/h1-7H. The van der Waals surface area contributed by atoms with Crippen molar-refractivity contribution in [3.63, 3.8) is 0 Å². The molecule has 3 rings (SSSR count). The van der Waals surface area contributed by atoms with Gasteiger partial charge in [-0.25, -0.2) is 0 Å². The van der Waals surface area contributed by atoms with Crippen molar-refractivity contribution in [3.8, 4) is 0 Å². The van der Waals surface area contributed by atoms with Crippen molar-refractivity contribution < 1.29 is 22.8 Å². The maximum Gasteiger partial charge on any atom is 0.417 e. The monoisotopic (exact) mass is 478 g/mol. The van der Waals surface area contributed by atoms with Gasteiger partial charge in [0.15, 0.2) is 6.29 Å². The number of carbonyl (C=O) groups excluding carboxylic acids is 2. The van der Waals surface area contributed by atoms with Crippen LogP contribution in [0.5, 0.6) is 0 Å². The Balaban J connectivity index is 2.29. The molecule has 1 heterocycles. The van der Waals surface area contributed by atoms with Crippen LogP contribution in [0.4, 0.5) is 13.2 Å². The summed E-state index contributed by atoms with van der Waals surface area (Å²) in [4.78, 5) is 24.0. The summed E-state index contributed by atoms with van der Waals surface area (Å²) in [5, 5.41) is 4.07. The lowest BCUT2D eigenvalue weighted by molar-refractivity contribution is -0.137. The van der Waals surface area contributed by atoms with E-state index in [2.05, 4.69) is 5.10 Å². The molecule has 128 valence electrons. The van der Waals surface area contributed by atoms with E-state index in [0.717, 1.165) is 16.8 Å². The molecule has 4 nitrogen and oxygen atoms in total. The zero-order chi connectivity index (χ0) is 18.4. The van der Waals surface area contributed by atoms with E-state index < -0.39 is 23.2 Å². The van der Waals surface area contributed by atoms with Crippen LogP contribution in [0.1, 0.15) is 26.3 Å². The summed E-state index contributed by atoms with van der Waals surface area (Å²) in [7, 11) is 0. The first-order valence-corrected chi connectivity index (χ1v) is 8.24. The minimum Gasteiger partial charge on any atom is -0.298 e. The van der Waals surface area contributed by atoms with Gasteiger partial charge in [-0.1, -0.05) is 29.8 Å². The molecule has 9 heteroatoms. The number of rotatable bonds is 2. The molecule has 0 saturated heterocycles. The summed E-state index contributed by atoms with van der Waals surface area (Å²) in [5.41, 5.74) is -1.31. The molecule has 0 unspecified atom stereocenters. The lowest BCUT2D eigenvalue weighted by atomic mass is 10.1. The molecule has 0 fully saturated rings.